The Labute approximate surface area is 62.6 Å². The molecule has 0 spiro atoms. The van der Waals surface area contributed by atoms with Gasteiger partial charge in [0.1, 0.15) is 0 Å². The van der Waals surface area contributed by atoms with Crippen molar-refractivity contribution in [1.82, 2.24) is 0 Å². The predicted octanol–water partition coefficient (Wildman–Crippen LogP) is 3.14. The summed E-state index contributed by atoms with van der Waals surface area (Å²) < 4.78 is 0. The Morgan fingerprint density at radius 3 is 2.40 bits per heavy atom. The molecule has 0 atom stereocenters. The maximum atomic E-state index is 6.81. The number of rotatable bonds is 0. The first-order valence-electron chi connectivity index (χ1n) is 3.90. The first-order valence-corrected chi connectivity index (χ1v) is 3.90. The standard InChI is InChI=1S/C9H13N/c1-8(10-2)9-6-4-3-5-7-9/h3-7H2,1H3. The highest BCUT2D eigenvalue weighted by Gasteiger charge is 2.07. The molecule has 1 aliphatic rings. The van der Waals surface area contributed by atoms with Crippen LogP contribution in [0.3, 0.4) is 0 Å². The topological polar surface area (TPSA) is 4.36 Å². The van der Waals surface area contributed by atoms with E-state index in [2.05, 4.69) is 4.85 Å². The molecule has 0 N–H and O–H groups in total. The van der Waals surface area contributed by atoms with Gasteiger partial charge in [-0.1, -0.05) is 24.8 Å². The Bertz CT molecular complexity index is 175. The lowest BCUT2D eigenvalue weighted by molar-refractivity contribution is 0.595. The minimum absolute atomic E-state index is 0.944. The fourth-order valence-corrected chi connectivity index (χ4v) is 1.42. The van der Waals surface area contributed by atoms with Crippen molar-refractivity contribution in [3.05, 3.63) is 22.7 Å². The van der Waals surface area contributed by atoms with Gasteiger partial charge in [0.05, 0.1) is 6.57 Å². The SMILES string of the molecule is [C-]#[N+]C(C)=C1CCCCC1. The summed E-state index contributed by atoms with van der Waals surface area (Å²) >= 11 is 0. The molecule has 54 valence electrons. The lowest BCUT2D eigenvalue weighted by Gasteiger charge is -2.13. The van der Waals surface area contributed by atoms with Gasteiger partial charge in [-0.3, -0.25) is 0 Å². The molecule has 1 heteroatoms. The van der Waals surface area contributed by atoms with Crippen LogP contribution in [-0.2, 0) is 0 Å². The van der Waals surface area contributed by atoms with E-state index in [1.807, 2.05) is 6.92 Å². The number of hydrogen-bond donors (Lipinski definition) is 0. The second kappa shape index (κ2) is 3.41. The third kappa shape index (κ3) is 1.60. The zero-order chi connectivity index (χ0) is 7.40. The molecule has 0 heterocycles. The van der Waals surface area contributed by atoms with E-state index in [0.29, 0.717) is 0 Å². The summed E-state index contributed by atoms with van der Waals surface area (Å²) in [7, 11) is 0. The van der Waals surface area contributed by atoms with Crippen molar-refractivity contribution in [2.75, 3.05) is 0 Å². The van der Waals surface area contributed by atoms with Crippen molar-refractivity contribution in [3.8, 4) is 0 Å². The molecule has 1 saturated carbocycles. The Kier molecular flexibility index (Phi) is 2.50. The van der Waals surface area contributed by atoms with Gasteiger partial charge >= 0.3 is 0 Å². The van der Waals surface area contributed by atoms with E-state index >= 15 is 0 Å². The van der Waals surface area contributed by atoms with Gasteiger partial charge in [0.2, 0.25) is 0 Å². The van der Waals surface area contributed by atoms with Gasteiger partial charge in [0.25, 0.3) is 0 Å². The van der Waals surface area contributed by atoms with Gasteiger partial charge in [-0.05, 0) is 19.8 Å². The van der Waals surface area contributed by atoms with Gasteiger partial charge < -0.3 is 0 Å². The van der Waals surface area contributed by atoms with Crippen LogP contribution in [0.4, 0.5) is 0 Å². The van der Waals surface area contributed by atoms with Crippen LogP contribution in [0.1, 0.15) is 39.0 Å². The van der Waals surface area contributed by atoms with Crippen molar-refractivity contribution in [1.29, 1.82) is 0 Å². The second-order valence-corrected chi connectivity index (χ2v) is 2.86. The average molecular weight is 135 g/mol. The van der Waals surface area contributed by atoms with E-state index in [1.165, 1.54) is 37.7 Å². The molecule has 0 aliphatic heterocycles. The molecule has 0 aromatic heterocycles. The summed E-state index contributed by atoms with van der Waals surface area (Å²) in [6.45, 7) is 8.75. The third-order valence-corrected chi connectivity index (χ3v) is 2.14. The Morgan fingerprint density at radius 1 is 1.30 bits per heavy atom. The van der Waals surface area contributed by atoms with Gasteiger partial charge in [-0.25, -0.2) is 4.85 Å². The smallest absolute Gasteiger partial charge is 0.161 e. The molecule has 0 amide bonds. The zero-order valence-corrected chi connectivity index (χ0v) is 6.48. The fourth-order valence-electron chi connectivity index (χ4n) is 1.42. The first-order chi connectivity index (χ1) is 4.84. The Hall–Kier alpha value is -0.770. The van der Waals surface area contributed by atoms with Crippen LogP contribution < -0.4 is 0 Å². The van der Waals surface area contributed by atoms with E-state index in [1.54, 1.807) is 0 Å². The van der Waals surface area contributed by atoms with Crippen molar-refractivity contribution >= 4 is 0 Å². The van der Waals surface area contributed by atoms with Crippen LogP contribution in [0.15, 0.2) is 11.3 Å². The summed E-state index contributed by atoms with van der Waals surface area (Å²) in [6, 6.07) is 0. The fraction of sp³-hybridized carbons (Fsp3) is 0.667. The molecule has 0 unspecified atom stereocenters. The predicted molar refractivity (Wildman–Crippen MR) is 42.4 cm³/mol. The van der Waals surface area contributed by atoms with E-state index in [9.17, 15) is 0 Å². The van der Waals surface area contributed by atoms with Crippen LogP contribution in [0.25, 0.3) is 4.85 Å². The summed E-state index contributed by atoms with van der Waals surface area (Å²) in [5.41, 5.74) is 2.35. The summed E-state index contributed by atoms with van der Waals surface area (Å²) in [4.78, 5) is 3.44. The molecule has 1 aliphatic carbocycles. The second-order valence-electron chi connectivity index (χ2n) is 2.86. The molecule has 0 saturated heterocycles. The van der Waals surface area contributed by atoms with Crippen LogP contribution in [0, 0.1) is 6.57 Å². The summed E-state index contributed by atoms with van der Waals surface area (Å²) in [5.74, 6) is 0. The van der Waals surface area contributed by atoms with E-state index < -0.39 is 0 Å². The minimum Gasteiger partial charge on any atom is -0.243 e. The largest absolute Gasteiger partial charge is 0.243 e. The van der Waals surface area contributed by atoms with E-state index in [-0.39, 0.29) is 0 Å². The van der Waals surface area contributed by atoms with Crippen LogP contribution in [-0.4, -0.2) is 0 Å². The molecular formula is C9H13N. The summed E-state index contributed by atoms with van der Waals surface area (Å²) in [5, 5.41) is 0. The lowest BCUT2D eigenvalue weighted by Crippen LogP contribution is -1.94. The van der Waals surface area contributed by atoms with Crippen LogP contribution in [0.2, 0.25) is 0 Å². The van der Waals surface area contributed by atoms with Crippen molar-refractivity contribution in [3.63, 3.8) is 0 Å². The molecule has 1 rings (SSSR count). The van der Waals surface area contributed by atoms with Crippen LogP contribution in [0.5, 0.6) is 0 Å². The molecule has 0 radical (unpaired) electrons. The molecule has 10 heavy (non-hydrogen) atoms. The summed E-state index contributed by atoms with van der Waals surface area (Å²) in [6.07, 6.45) is 6.29. The van der Waals surface area contributed by atoms with Crippen molar-refractivity contribution in [2.45, 2.75) is 39.0 Å². The number of allylic oxidation sites excluding steroid dienone is 2. The molecule has 1 fully saturated rings. The highest BCUT2D eigenvalue weighted by Crippen LogP contribution is 2.25. The minimum atomic E-state index is 0.944. The van der Waals surface area contributed by atoms with Gasteiger partial charge in [-0.2, -0.15) is 0 Å². The van der Waals surface area contributed by atoms with E-state index in [0.717, 1.165) is 5.70 Å². The van der Waals surface area contributed by atoms with Crippen molar-refractivity contribution in [2.24, 2.45) is 0 Å². The highest BCUT2D eigenvalue weighted by molar-refractivity contribution is 5.18. The average Bonchev–Trinajstić information content (AvgIpc) is 2.05. The number of hydrogen-bond acceptors (Lipinski definition) is 0. The molecular weight excluding hydrogens is 122 g/mol. The molecule has 0 aromatic carbocycles. The van der Waals surface area contributed by atoms with Crippen LogP contribution >= 0.6 is 0 Å². The zero-order valence-electron chi connectivity index (χ0n) is 6.48. The van der Waals surface area contributed by atoms with Crippen molar-refractivity contribution < 1.29 is 0 Å². The quantitative estimate of drug-likeness (QED) is 0.449. The number of nitrogens with zero attached hydrogens (tertiary/aromatic N) is 1. The Balaban J connectivity index is 2.62. The highest BCUT2D eigenvalue weighted by atomic mass is 14.6. The maximum absolute atomic E-state index is 6.81. The molecule has 0 bridgehead atoms. The van der Waals surface area contributed by atoms with E-state index in [4.69, 9.17) is 6.57 Å². The first kappa shape index (κ1) is 7.34. The molecule has 1 nitrogen and oxygen atoms in total. The normalized spacial score (nSPS) is 18.2. The Morgan fingerprint density at radius 2 is 1.90 bits per heavy atom. The monoisotopic (exact) mass is 135 g/mol. The molecule has 0 aromatic rings. The lowest BCUT2D eigenvalue weighted by atomic mass is 9.94. The van der Waals surface area contributed by atoms with Gasteiger partial charge in [-0.15, -0.1) is 0 Å². The third-order valence-electron chi connectivity index (χ3n) is 2.14. The van der Waals surface area contributed by atoms with Gasteiger partial charge in [0, 0.05) is 0 Å². The van der Waals surface area contributed by atoms with Gasteiger partial charge in [0.15, 0.2) is 5.70 Å². The maximum Gasteiger partial charge on any atom is 0.161 e.